The maximum atomic E-state index is 12.6. The van der Waals surface area contributed by atoms with Crippen LogP contribution in [0.1, 0.15) is 37.1 Å². The minimum Gasteiger partial charge on any atom is -0.511 e. The second-order valence-corrected chi connectivity index (χ2v) is 11.6. The van der Waals surface area contributed by atoms with Gasteiger partial charge in [-0.05, 0) is 55.3 Å². The van der Waals surface area contributed by atoms with Crippen LogP contribution in [0.4, 0.5) is 0 Å². The molecule has 0 saturated heterocycles. The predicted molar refractivity (Wildman–Crippen MR) is 162 cm³/mol. The fourth-order valence-electron chi connectivity index (χ4n) is 6.00. The van der Waals surface area contributed by atoms with Crippen molar-refractivity contribution in [2.24, 2.45) is 10.4 Å². The molecule has 9 nitrogen and oxygen atoms in total. The van der Waals surface area contributed by atoms with Crippen molar-refractivity contribution < 1.29 is 43.7 Å². The van der Waals surface area contributed by atoms with Gasteiger partial charge < -0.3 is 34.1 Å². The van der Waals surface area contributed by atoms with Gasteiger partial charge in [0.2, 0.25) is 6.41 Å². The van der Waals surface area contributed by atoms with Crippen LogP contribution in [-0.2, 0) is 38.6 Å². The van der Waals surface area contributed by atoms with Gasteiger partial charge in [-0.1, -0.05) is 47.5 Å². The fraction of sp³-hybridized carbons (Fsp3) is 0.355. The van der Waals surface area contributed by atoms with E-state index >= 15 is 0 Å². The van der Waals surface area contributed by atoms with Crippen LogP contribution in [0.15, 0.2) is 76.8 Å². The van der Waals surface area contributed by atoms with Crippen molar-refractivity contribution >= 4 is 48.0 Å². The maximum absolute atomic E-state index is 12.6. The number of likely N-dealkylation sites (N-methyl/N-ethyl adjacent to an activating group) is 2. The molecular formula is C31H34Cl2N4O5Rh. The normalized spacial score (nSPS) is 25.0. The molecule has 43 heavy (non-hydrogen) atoms. The number of hydrogen-bond acceptors (Lipinski definition) is 8. The van der Waals surface area contributed by atoms with E-state index in [1.807, 2.05) is 36.2 Å². The standard InChI is InChI=1S/C31H34Cl2N4O5.Rh/c1-30(42-5)18-24(41)31(2,28(37(19-40)15-17-39)27(30)35(3)14-16-38)29-34-25(20-6-10-22(32)11-7-20)26(36(29)4)21-8-12-23(33)13-9-21;/h6-13,16-19,25-26,41H,14-15H2,1-5H3;. The Kier molecular flexibility index (Phi) is 11.0. The predicted octanol–water partition coefficient (Wildman–Crippen LogP) is 4.98. The number of hydrogen-bond donors (Lipinski definition) is 1. The monoisotopic (exact) mass is 715 g/mol. The van der Waals surface area contributed by atoms with Gasteiger partial charge in [0.15, 0.2) is 0 Å². The van der Waals surface area contributed by atoms with Crippen LogP contribution in [0.25, 0.3) is 0 Å². The van der Waals surface area contributed by atoms with E-state index in [9.17, 15) is 19.5 Å². The largest absolute Gasteiger partial charge is 0.511 e. The number of halogens is 2. The SMILES string of the molecule is COC1(C)C=C(O)C(C)(C2=NC(c3ccc(Cl)cc3)C(c3ccc(Cl)cc3)N2C)C(N(C=O)CC=O)=C1N(C)CC=O.[Rh]. The molecule has 0 fully saturated rings. The molecule has 0 saturated carbocycles. The number of amides is 1. The van der Waals surface area contributed by atoms with Gasteiger partial charge in [0.25, 0.3) is 0 Å². The molecule has 1 radical (unpaired) electrons. The zero-order valence-corrected chi connectivity index (χ0v) is 27.6. The summed E-state index contributed by atoms with van der Waals surface area (Å²) in [7, 11) is 5.03. The summed E-state index contributed by atoms with van der Waals surface area (Å²) in [5, 5.41) is 13.0. The van der Waals surface area contributed by atoms with Gasteiger partial charge in [0.1, 0.15) is 41.2 Å². The summed E-state index contributed by atoms with van der Waals surface area (Å²) in [6.07, 6.45) is 3.42. The summed E-state index contributed by atoms with van der Waals surface area (Å²) in [5.41, 5.74) is -0.168. The number of aliphatic imine (C=N–C) groups is 1. The van der Waals surface area contributed by atoms with Crippen LogP contribution in [-0.4, -0.2) is 84.5 Å². The molecule has 0 spiro atoms. The summed E-state index contributed by atoms with van der Waals surface area (Å²) in [6, 6.07) is 14.1. The molecule has 12 heteroatoms. The molecule has 231 valence electrons. The smallest absolute Gasteiger partial charge is 0.214 e. The number of methoxy groups -OCH3 is 1. The third kappa shape index (κ3) is 6.16. The topological polar surface area (TPSA) is 103 Å². The first-order chi connectivity index (χ1) is 20.0. The first-order valence-electron chi connectivity index (χ1n) is 13.3. The molecule has 4 atom stereocenters. The molecule has 1 heterocycles. The molecule has 1 aliphatic heterocycles. The number of ether oxygens (including phenoxy) is 1. The van der Waals surface area contributed by atoms with Gasteiger partial charge >= 0.3 is 0 Å². The van der Waals surface area contributed by atoms with Crippen LogP contribution in [0.3, 0.4) is 0 Å². The fourth-order valence-corrected chi connectivity index (χ4v) is 6.25. The van der Waals surface area contributed by atoms with E-state index in [-0.39, 0.29) is 50.1 Å². The number of benzene rings is 2. The summed E-state index contributed by atoms with van der Waals surface area (Å²) in [4.78, 5) is 46.1. The molecule has 2 aliphatic rings. The van der Waals surface area contributed by atoms with Gasteiger partial charge in [-0.2, -0.15) is 0 Å². The Morgan fingerprint density at radius 3 is 1.98 bits per heavy atom. The van der Waals surface area contributed by atoms with Crippen molar-refractivity contribution in [3.8, 4) is 0 Å². The van der Waals surface area contributed by atoms with Gasteiger partial charge in [-0.3, -0.25) is 9.79 Å². The molecule has 1 N–H and O–H groups in total. The molecule has 2 aromatic rings. The van der Waals surface area contributed by atoms with Gasteiger partial charge in [0.05, 0.1) is 30.5 Å². The molecule has 4 unspecified atom stereocenters. The Labute approximate surface area is 274 Å². The first kappa shape index (κ1) is 34.5. The first-order valence-corrected chi connectivity index (χ1v) is 14.1. The summed E-state index contributed by atoms with van der Waals surface area (Å²) in [5.74, 6) is 0.319. The van der Waals surface area contributed by atoms with Gasteiger partial charge in [-0.25, -0.2) is 0 Å². The van der Waals surface area contributed by atoms with Crippen LogP contribution in [0.2, 0.25) is 10.0 Å². The van der Waals surface area contributed by atoms with E-state index < -0.39 is 17.1 Å². The summed E-state index contributed by atoms with van der Waals surface area (Å²) < 4.78 is 5.86. The molecule has 2 aromatic carbocycles. The molecule has 1 aliphatic carbocycles. The van der Waals surface area contributed by atoms with Crippen LogP contribution in [0, 0.1) is 5.41 Å². The van der Waals surface area contributed by atoms with Crippen molar-refractivity contribution in [2.75, 3.05) is 34.3 Å². The third-order valence-corrected chi connectivity index (χ3v) is 8.62. The number of carbonyl (C=O) groups excluding carboxylic acids is 3. The molecule has 0 bridgehead atoms. The Balaban J connectivity index is 0.00000506. The van der Waals surface area contributed by atoms with Gasteiger partial charge in [0, 0.05) is 50.7 Å². The minimum atomic E-state index is -1.44. The van der Waals surface area contributed by atoms with Crippen LogP contribution >= 0.6 is 23.2 Å². The second kappa shape index (κ2) is 13.7. The van der Waals surface area contributed by atoms with E-state index in [0.29, 0.717) is 34.3 Å². The quantitative estimate of drug-likeness (QED) is 0.259. The maximum Gasteiger partial charge on any atom is 0.214 e. The zero-order valence-electron chi connectivity index (χ0n) is 24.5. The number of nitrogens with zero attached hydrogens (tertiary/aromatic N) is 4. The van der Waals surface area contributed by atoms with E-state index in [1.54, 1.807) is 56.1 Å². The van der Waals surface area contributed by atoms with Crippen molar-refractivity contribution in [1.29, 1.82) is 0 Å². The Hall–Kier alpha value is -3.04. The number of aliphatic hydroxyl groups excluding tert-OH is 1. The summed E-state index contributed by atoms with van der Waals surface area (Å²) >= 11 is 12.4. The molecule has 1 amide bonds. The molecular weight excluding hydrogens is 682 g/mol. The van der Waals surface area contributed by atoms with Crippen molar-refractivity contribution in [1.82, 2.24) is 14.7 Å². The van der Waals surface area contributed by atoms with Crippen molar-refractivity contribution in [3.05, 3.63) is 92.9 Å². The average molecular weight is 716 g/mol. The minimum absolute atomic E-state index is 0. The average Bonchev–Trinajstić information content (AvgIpc) is 3.32. The third-order valence-electron chi connectivity index (χ3n) is 8.11. The Morgan fingerprint density at radius 2 is 1.49 bits per heavy atom. The van der Waals surface area contributed by atoms with Crippen molar-refractivity contribution in [2.45, 2.75) is 31.5 Å². The number of rotatable bonds is 11. The zero-order chi connectivity index (χ0) is 30.8. The Bertz CT molecular complexity index is 1450. The number of carbonyl (C=O) groups is 3. The number of aliphatic hydroxyl groups is 1. The van der Waals surface area contributed by atoms with Crippen LogP contribution in [0.5, 0.6) is 0 Å². The van der Waals surface area contributed by atoms with E-state index in [1.165, 1.54) is 12.0 Å². The number of amidine groups is 1. The molecule has 4 rings (SSSR count). The number of aldehydes is 2. The van der Waals surface area contributed by atoms with Crippen molar-refractivity contribution in [3.63, 3.8) is 0 Å². The van der Waals surface area contributed by atoms with E-state index in [0.717, 1.165) is 17.4 Å². The summed E-state index contributed by atoms with van der Waals surface area (Å²) in [6.45, 7) is 3.14. The Morgan fingerprint density at radius 1 is 0.953 bits per heavy atom. The van der Waals surface area contributed by atoms with E-state index in [2.05, 4.69) is 0 Å². The van der Waals surface area contributed by atoms with Crippen LogP contribution < -0.4 is 0 Å². The molecule has 0 aromatic heterocycles. The van der Waals surface area contributed by atoms with Gasteiger partial charge in [-0.15, -0.1) is 0 Å². The van der Waals surface area contributed by atoms with E-state index in [4.69, 9.17) is 32.9 Å². The second-order valence-electron chi connectivity index (χ2n) is 10.7.